The topological polar surface area (TPSA) is 15.3 Å². The Balaban J connectivity index is 2.09. The molecule has 3 heteroatoms. The molecule has 1 fully saturated rings. The lowest BCUT2D eigenvalue weighted by Crippen LogP contribution is -2.42. The lowest BCUT2D eigenvalue weighted by molar-refractivity contribution is 0.311. The van der Waals surface area contributed by atoms with Crippen molar-refractivity contribution in [3.05, 3.63) is 29.3 Å². The SMILES string of the molecule is CCC1CCCCCN1C(=S)Nc1ccc(C)cc1C. The molecule has 1 aromatic rings. The molecule has 0 bridgehead atoms. The molecule has 1 N–H and O–H groups in total. The summed E-state index contributed by atoms with van der Waals surface area (Å²) in [4.78, 5) is 2.40. The number of likely N-dealkylation sites (tertiary alicyclic amines) is 1. The third-order valence-electron chi connectivity index (χ3n) is 4.23. The Kier molecular flexibility index (Phi) is 5.41. The molecular weight excluding hydrogens is 264 g/mol. The highest BCUT2D eigenvalue weighted by molar-refractivity contribution is 7.80. The van der Waals surface area contributed by atoms with Gasteiger partial charge in [0.05, 0.1) is 0 Å². The average Bonchev–Trinajstić information content (AvgIpc) is 2.67. The zero-order valence-electron chi connectivity index (χ0n) is 12.9. The first-order valence-electron chi connectivity index (χ1n) is 7.76. The van der Waals surface area contributed by atoms with Gasteiger partial charge in [-0.1, -0.05) is 37.5 Å². The van der Waals surface area contributed by atoms with Crippen molar-refractivity contribution in [3.63, 3.8) is 0 Å². The summed E-state index contributed by atoms with van der Waals surface area (Å²) in [6, 6.07) is 7.07. The van der Waals surface area contributed by atoms with E-state index in [2.05, 4.69) is 49.2 Å². The monoisotopic (exact) mass is 290 g/mol. The fourth-order valence-electron chi connectivity index (χ4n) is 3.01. The first-order chi connectivity index (χ1) is 9.61. The molecule has 0 radical (unpaired) electrons. The van der Waals surface area contributed by atoms with Gasteiger partial charge in [-0.25, -0.2) is 0 Å². The van der Waals surface area contributed by atoms with Crippen LogP contribution in [0.1, 0.15) is 50.2 Å². The van der Waals surface area contributed by atoms with Crippen molar-refractivity contribution < 1.29 is 0 Å². The lowest BCUT2D eigenvalue weighted by Gasteiger charge is -2.32. The number of hydrogen-bond donors (Lipinski definition) is 1. The first-order valence-corrected chi connectivity index (χ1v) is 8.17. The van der Waals surface area contributed by atoms with Crippen LogP contribution in [0.2, 0.25) is 0 Å². The highest BCUT2D eigenvalue weighted by atomic mass is 32.1. The third kappa shape index (κ3) is 3.72. The summed E-state index contributed by atoms with van der Waals surface area (Å²) in [6.45, 7) is 7.62. The van der Waals surface area contributed by atoms with Gasteiger partial charge in [0.2, 0.25) is 0 Å². The van der Waals surface area contributed by atoms with Gasteiger partial charge >= 0.3 is 0 Å². The molecule has 0 spiro atoms. The van der Waals surface area contributed by atoms with Crippen LogP contribution in [0.4, 0.5) is 5.69 Å². The summed E-state index contributed by atoms with van der Waals surface area (Å²) in [7, 11) is 0. The minimum atomic E-state index is 0.600. The molecule has 110 valence electrons. The number of nitrogens with one attached hydrogen (secondary N) is 1. The Morgan fingerprint density at radius 2 is 2.10 bits per heavy atom. The Labute approximate surface area is 128 Å². The largest absolute Gasteiger partial charge is 0.346 e. The van der Waals surface area contributed by atoms with Crippen molar-refractivity contribution in [3.8, 4) is 0 Å². The van der Waals surface area contributed by atoms with Gasteiger partial charge < -0.3 is 10.2 Å². The molecular formula is C17H26N2S. The van der Waals surface area contributed by atoms with Crippen LogP contribution >= 0.6 is 12.2 Å². The van der Waals surface area contributed by atoms with Crippen molar-refractivity contribution in [2.45, 2.75) is 58.9 Å². The maximum atomic E-state index is 5.67. The molecule has 1 aromatic carbocycles. The van der Waals surface area contributed by atoms with E-state index in [1.165, 1.54) is 43.2 Å². The number of thiocarbonyl (C=S) groups is 1. The van der Waals surface area contributed by atoms with Gasteiger partial charge in [-0.2, -0.15) is 0 Å². The molecule has 1 aliphatic rings. The predicted octanol–water partition coefficient (Wildman–Crippen LogP) is 4.65. The predicted molar refractivity (Wildman–Crippen MR) is 91.4 cm³/mol. The normalized spacial score (nSPS) is 19.6. The molecule has 0 aliphatic carbocycles. The highest BCUT2D eigenvalue weighted by Gasteiger charge is 2.21. The summed E-state index contributed by atoms with van der Waals surface area (Å²) in [5, 5.41) is 4.35. The average molecular weight is 290 g/mol. The summed E-state index contributed by atoms with van der Waals surface area (Å²) < 4.78 is 0. The Morgan fingerprint density at radius 1 is 1.30 bits per heavy atom. The standard InChI is InChI=1S/C17H26N2S/c1-4-15-8-6-5-7-11-19(15)17(20)18-16-10-9-13(2)12-14(16)3/h9-10,12,15H,4-8,11H2,1-3H3,(H,18,20). The van der Waals surface area contributed by atoms with E-state index in [1.807, 2.05) is 0 Å². The van der Waals surface area contributed by atoms with Gasteiger partial charge in [-0.15, -0.1) is 0 Å². The molecule has 2 rings (SSSR count). The highest BCUT2D eigenvalue weighted by Crippen LogP contribution is 2.22. The van der Waals surface area contributed by atoms with Crippen molar-refractivity contribution >= 4 is 23.0 Å². The molecule has 1 unspecified atom stereocenters. The van der Waals surface area contributed by atoms with E-state index in [9.17, 15) is 0 Å². The second-order valence-corrected chi connectivity index (χ2v) is 6.24. The van der Waals surface area contributed by atoms with Crippen molar-refractivity contribution in [1.29, 1.82) is 0 Å². The second kappa shape index (κ2) is 7.07. The zero-order chi connectivity index (χ0) is 14.5. The first kappa shape index (κ1) is 15.3. The van der Waals surface area contributed by atoms with Crippen LogP contribution in [-0.2, 0) is 0 Å². The molecule has 1 saturated heterocycles. The van der Waals surface area contributed by atoms with Crippen molar-refractivity contribution in [1.82, 2.24) is 4.90 Å². The van der Waals surface area contributed by atoms with Crippen LogP contribution in [0.15, 0.2) is 18.2 Å². The van der Waals surface area contributed by atoms with Gasteiger partial charge in [0, 0.05) is 18.3 Å². The van der Waals surface area contributed by atoms with Gasteiger partial charge in [0.1, 0.15) is 0 Å². The van der Waals surface area contributed by atoms with Crippen molar-refractivity contribution in [2.75, 3.05) is 11.9 Å². The zero-order valence-corrected chi connectivity index (χ0v) is 13.7. The van der Waals surface area contributed by atoms with E-state index in [1.54, 1.807) is 0 Å². The van der Waals surface area contributed by atoms with Crippen LogP contribution in [-0.4, -0.2) is 22.6 Å². The maximum Gasteiger partial charge on any atom is 0.173 e. The number of anilines is 1. The summed E-state index contributed by atoms with van der Waals surface area (Å²) >= 11 is 5.67. The minimum absolute atomic E-state index is 0.600. The Bertz CT molecular complexity index is 470. The fraction of sp³-hybridized carbons (Fsp3) is 0.588. The van der Waals surface area contributed by atoms with E-state index < -0.39 is 0 Å². The third-order valence-corrected chi connectivity index (χ3v) is 4.57. The molecule has 1 heterocycles. The van der Waals surface area contributed by atoms with E-state index in [-0.39, 0.29) is 0 Å². The number of nitrogens with zero attached hydrogens (tertiary/aromatic N) is 1. The van der Waals surface area contributed by atoms with Crippen LogP contribution in [0.25, 0.3) is 0 Å². The fourth-order valence-corrected chi connectivity index (χ4v) is 3.36. The quantitative estimate of drug-likeness (QED) is 0.798. The van der Waals surface area contributed by atoms with E-state index in [4.69, 9.17) is 12.2 Å². The molecule has 0 amide bonds. The number of aryl methyl sites for hydroxylation is 2. The molecule has 1 aliphatic heterocycles. The molecule has 0 saturated carbocycles. The second-order valence-electron chi connectivity index (χ2n) is 5.85. The van der Waals surface area contributed by atoms with E-state index in [0.29, 0.717) is 6.04 Å². The van der Waals surface area contributed by atoms with E-state index >= 15 is 0 Å². The lowest BCUT2D eigenvalue weighted by atomic mass is 10.1. The smallest absolute Gasteiger partial charge is 0.173 e. The Morgan fingerprint density at radius 3 is 2.80 bits per heavy atom. The number of benzene rings is 1. The van der Waals surface area contributed by atoms with Gasteiger partial charge in [-0.05, 0) is 57.0 Å². The van der Waals surface area contributed by atoms with Crippen LogP contribution in [0.3, 0.4) is 0 Å². The summed E-state index contributed by atoms with van der Waals surface area (Å²) in [5.74, 6) is 0. The van der Waals surface area contributed by atoms with E-state index in [0.717, 1.165) is 17.3 Å². The minimum Gasteiger partial charge on any atom is -0.346 e. The molecule has 1 atom stereocenters. The number of rotatable bonds is 2. The Hall–Kier alpha value is -1.09. The molecule has 0 aromatic heterocycles. The van der Waals surface area contributed by atoms with Crippen LogP contribution < -0.4 is 5.32 Å². The van der Waals surface area contributed by atoms with Crippen LogP contribution in [0, 0.1) is 13.8 Å². The molecule has 20 heavy (non-hydrogen) atoms. The van der Waals surface area contributed by atoms with Gasteiger partial charge in [-0.3, -0.25) is 0 Å². The van der Waals surface area contributed by atoms with Crippen molar-refractivity contribution in [2.24, 2.45) is 0 Å². The van der Waals surface area contributed by atoms with Crippen LogP contribution in [0.5, 0.6) is 0 Å². The maximum absolute atomic E-state index is 5.67. The van der Waals surface area contributed by atoms with Gasteiger partial charge in [0.15, 0.2) is 5.11 Å². The summed E-state index contributed by atoms with van der Waals surface area (Å²) in [5.41, 5.74) is 3.69. The number of hydrogen-bond acceptors (Lipinski definition) is 1. The molecule has 2 nitrogen and oxygen atoms in total. The summed E-state index contributed by atoms with van der Waals surface area (Å²) in [6.07, 6.45) is 6.37. The van der Waals surface area contributed by atoms with Gasteiger partial charge in [0.25, 0.3) is 0 Å².